The fourth-order valence-corrected chi connectivity index (χ4v) is 3.63. The number of rotatable bonds is 3. The van der Waals surface area contributed by atoms with E-state index in [-0.39, 0.29) is 11.9 Å². The standard InChI is InChI=1S/C16H19N3OS/c1-10-15(21-11(2)19-10)16(20)18-9-14-13-6-4-3-5-12(13)7-8-17-14/h3-6,14,17H,7-9H2,1-2H3,(H,18,20). The molecule has 1 aromatic heterocycles. The summed E-state index contributed by atoms with van der Waals surface area (Å²) in [4.78, 5) is 17.3. The summed E-state index contributed by atoms with van der Waals surface area (Å²) >= 11 is 1.45. The zero-order valence-corrected chi connectivity index (χ0v) is 13.1. The van der Waals surface area contributed by atoms with Crippen molar-refractivity contribution < 1.29 is 4.79 Å². The maximum atomic E-state index is 12.3. The lowest BCUT2D eigenvalue weighted by Gasteiger charge is -2.27. The van der Waals surface area contributed by atoms with Crippen molar-refractivity contribution >= 4 is 17.2 Å². The second-order valence-electron chi connectivity index (χ2n) is 5.31. The third-order valence-electron chi connectivity index (χ3n) is 3.79. The van der Waals surface area contributed by atoms with Gasteiger partial charge in [0.1, 0.15) is 4.88 Å². The van der Waals surface area contributed by atoms with E-state index in [1.165, 1.54) is 22.5 Å². The van der Waals surface area contributed by atoms with Crippen molar-refractivity contribution in [3.63, 3.8) is 0 Å². The molecule has 0 fully saturated rings. The Labute approximate surface area is 128 Å². The summed E-state index contributed by atoms with van der Waals surface area (Å²) in [6, 6.07) is 8.62. The molecule has 2 N–H and O–H groups in total. The highest BCUT2D eigenvalue weighted by Gasteiger charge is 2.21. The second kappa shape index (κ2) is 5.95. The number of benzene rings is 1. The van der Waals surface area contributed by atoms with Crippen molar-refractivity contribution in [3.05, 3.63) is 51.0 Å². The zero-order chi connectivity index (χ0) is 14.8. The summed E-state index contributed by atoms with van der Waals surface area (Å²) in [5.41, 5.74) is 3.48. The van der Waals surface area contributed by atoms with Gasteiger partial charge in [0.05, 0.1) is 10.7 Å². The van der Waals surface area contributed by atoms with Crippen LogP contribution in [0.15, 0.2) is 24.3 Å². The van der Waals surface area contributed by atoms with Gasteiger partial charge < -0.3 is 10.6 Å². The highest BCUT2D eigenvalue weighted by Crippen LogP contribution is 2.22. The third kappa shape index (κ3) is 2.99. The van der Waals surface area contributed by atoms with Crippen LogP contribution in [-0.4, -0.2) is 24.0 Å². The van der Waals surface area contributed by atoms with E-state index >= 15 is 0 Å². The molecular weight excluding hydrogens is 282 g/mol. The number of nitrogens with zero attached hydrogens (tertiary/aromatic N) is 1. The molecule has 5 heteroatoms. The van der Waals surface area contributed by atoms with Crippen molar-refractivity contribution in [2.24, 2.45) is 0 Å². The Kier molecular flexibility index (Phi) is 4.03. The zero-order valence-electron chi connectivity index (χ0n) is 12.3. The number of nitrogens with one attached hydrogen (secondary N) is 2. The average molecular weight is 301 g/mol. The number of fused-ring (bicyclic) bond motifs is 1. The minimum absolute atomic E-state index is 0.0250. The normalized spacial score (nSPS) is 17.3. The van der Waals surface area contributed by atoms with Gasteiger partial charge >= 0.3 is 0 Å². The predicted octanol–water partition coefficient (Wildman–Crippen LogP) is 2.38. The summed E-state index contributed by atoms with van der Waals surface area (Å²) in [7, 11) is 0. The number of thiazole rings is 1. The first-order valence-corrected chi connectivity index (χ1v) is 8.00. The quantitative estimate of drug-likeness (QED) is 0.915. The molecule has 0 bridgehead atoms. The van der Waals surface area contributed by atoms with E-state index in [1.54, 1.807) is 0 Å². The molecule has 2 heterocycles. The maximum Gasteiger partial charge on any atom is 0.263 e. The predicted molar refractivity (Wildman–Crippen MR) is 84.8 cm³/mol. The smallest absolute Gasteiger partial charge is 0.263 e. The highest BCUT2D eigenvalue weighted by atomic mass is 32.1. The molecule has 2 aromatic rings. The van der Waals surface area contributed by atoms with E-state index in [0.717, 1.165) is 28.5 Å². The van der Waals surface area contributed by atoms with E-state index in [4.69, 9.17) is 0 Å². The van der Waals surface area contributed by atoms with Crippen LogP contribution in [0.3, 0.4) is 0 Å². The van der Waals surface area contributed by atoms with Gasteiger partial charge in [0.2, 0.25) is 0 Å². The molecule has 0 spiro atoms. The van der Waals surface area contributed by atoms with Crippen LogP contribution in [0.5, 0.6) is 0 Å². The Morgan fingerprint density at radius 3 is 3.00 bits per heavy atom. The Bertz CT molecular complexity index is 665. The van der Waals surface area contributed by atoms with Gasteiger partial charge in [-0.3, -0.25) is 4.79 Å². The number of carbonyl (C=O) groups excluding carboxylic acids is 1. The Morgan fingerprint density at radius 2 is 2.24 bits per heavy atom. The molecule has 0 saturated carbocycles. The van der Waals surface area contributed by atoms with Crippen LogP contribution in [0.1, 0.15) is 37.5 Å². The lowest BCUT2D eigenvalue weighted by Crippen LogP contribution is -2.38. The van der Waals surface area contributed by atoms with Gasteiger partial charge in [0.15, 0.2) is 0 Å². The molecule has 0 aliphatic carbocycles. The number of hydrogen-bond donors (Lipinski definition) is 2. The second-order valence-corrected chi connectivity index (χ2v) is 6.52. The number of aryl methyl sites for hydroxylation is 2. The minimum Gasteiger partial charge on any atom is -0.349 e. The molecule has 0 saturated heterocycles. The van der Waals surface area contributed by atoms with Crippen LogP contribution in [0.25, 0.3) is 0 Å². The first-order chi connectivity index (χ1) is 10.1. The first kappa shape index (κ1) is 14.2. The molecule has 110 valence electrons. The monoisotopic (exact) mass is 301 g/mol. The fourth-order valence-electron chi connectivity index (χ4n) is 2.79. The van der Waals surface area contributed by atoms with Crippen molar-refractivity contribution in [2.45, 2.75) is 26.3 Å². The van der Waals surface area contributed by atoms with E-state index in [2.05, 4.69) is 39.9 Å². The molecular formula is C16H19N3OS. The molecule has 1 aliphatic rings. The van der Waals surface area contributed by atoms with E-state index in [0.29, 0.717) is 6.54 Å². The molecule has 21 heavy (non-hydrogen) atoms. The minimum atomic E-state index is -0.0250. The van der Waals surface area contributed by atoms with Crippen molar-refractivity contribution in [1.82, 2.24) is 15.6 Å². The molecule has 1 aromatic carbocycles. The summed E-state index contributed by atoms with van der Waals surface area (Å²) in [5, 5.41) is 7.44. The molecule has 1 unspecified atom stereocenters. The van der Waals surface area contributed by atoms with Gasteiger partial charge in [-0.15, -0.1) is 11.3 Å². The average Bonchev–Trinajstić information content (AvgIpc) is 2.83. The fraction of sp³-hybridized carbons (Fsp3) is 0.375. The van der Waals surface area contributed by atoms with Gasteiger partial charge in [-0.1, -0.05) is 24.3 Å². The number of carbonyl (C=O) groups is 1. The van der Waals surface area contributed by atoms with E-state index < -0.39 is 0 Å². The topological polar surface area (TPSA) is 54.0 Å². The van der Waals surface area contributed by atoms with Gasteiger partial charge in [0.25, 0.3) is 5.91 Å². The molecule has 1 aliphatic heterocycles. The lowest BCUT2D eigenvalue weighted by atomic mass is 9.94. The summed E-state index contributed by atoms with van der Waals surface area (Å²) in [6.07, 6.45) is 1.05. The molecule has 1 atom stereocenters. The SMILES string of the molecule is Cc1nc(C)c(C(=O)NCC2NCCc3ccccc32)s1. The van der Waals surface area contributed by atoms with E-state index in [1.807, 2.05) is 13.8 Å². The molecule has 4 nitrogen and oxygen atoms in total. The van der Waals surface area contributed by atoms with Gasteiger partial charge in [-0.25, -0.2) is 4.98 Å². The van der Waals surface area contributed by atoms with Crippen LogP contribution in [-0.2, 0) is 6.42 Å². The van der Waals surface area contributed by atoms with Gasteiger partial charge in [-0.2, -0.15) is 0 Å². The Balaban J connectivity index is 1.69. The molecule has 1 amide bonds. The molecule has 3 rings (SSSR count). The van der Waals surface area contributed by atoms with Crippen LogP contribution in [0, 0.1) is 13.8 Å². The van der Waals surface area contributed by atoms with Crippen LogP contribution in [0.2, 0.25) is 0 Å². The Morgan fingerprint density at radius 1 is 1.43 bits per heavy atom. The number of hydrogen-bond acceptors (Lipinski definition) is 4. The number of aromatic nitrogens is 1. The maximum absolute atomic E-state index is 12.3. The van der Waals surface area contributed by atoms with Crippen LogP contribution < -0.4 is 10.6 Å². The summed E-state index contributed by atoms with van der Waals surface area (Å²) < 4.78 is 0. The third-order valence-corrected chi connectivity index (χ3v) is 4.86. The first-order valence-electron chi connectivity index (χ1n) is 7.18. The van der Waals surface area contributed by atoms with Crippen LogP contribution >= 0.6 is 11.3 Å². The largest absolute Gasteiger partial charge is 0.349 e. The van der Waals surface area contributed by atoms with Gasteiger partial charge in [-0.05, 0) is 37.9 Å². The van der Waals surface area contributed by atoms with Crippen molar-refractivity contribution in [3.8, 4) is 0 Å². The highest BCUT2D eigenvalue weighted by molar-refractivity contribution is 7.13. The molecule has 0 radical (unpaired) electrons. The van der Waals surface area contributed by atoms with Crippen molar-refractivity contribution in [2.75, 3.05) is 13.1 Å². The summed E-state index contributed by atoms with van der Waals surface area (Å²) in [5.74, 6) is -0.0250. The number of amides is 1. The van der Waals surface area contributed by atoms with Crippen molar-refractivity contribution in [1.29, 1.82) is 0 Å². The van der Waals surface area contributed by atoms with Crippen LogP contribution in [0.4, 0.5) is 0 Å². The van der Waals surface area contributed by atoms with Gasteiger partial charge in [0, 0.05) is 12.6 Å². The summed E-state index contributed by atoms with van der Waals surface area (Å²) in [6.45, 7) is 5.36. The van der Waals surface area contributed by atoms with E-state index in [9.17, 15) is 4.79 Å². The Hall–Kier alpha value is -1.72. The lowest BCUT2D eigenvalue weighted by molar-refractivity contribution is 0.0952.